The fourth-order valence-corrected chi connectivity index (χ4v) is 3.64. The highest BCUT2D eigenvalue weighted by Gasteiger charge is 2.36. The smallest absolute Gasteiger partial charge is 0.265 e. The Morgan fingerprint density at radius 3 is 3.10 bits per heavy atom. The quantitative estimate of drug-likeness (QED) is 0.745. The first-order valence-electron chi connectivity index (χ1n) is 6.20. The molecule has 4 rings (SSSR count). The van der Waals surface area contributed by atoms with Crippen LogP contribution in [-0.2, 0) is 4.79 Å². The molecule has 0 radical (unpaired) electrons. The third-order valence-electron chi connectivity index (χ3n) is 3.31. The van der Waals surface area contributed by atoms with Gasteiger partial charge in [0.1, 0.15) is 5.25 Å². The first kappa shape index (κ1) is 11.5. The fourth-order valence-electron chi connectivity index (χ4n) is 2.45. The zero-order valence-corrected chi connectivity index (χ0v) is 11.2. The second-order valence-corrected chi connectivity index (χ2v) is 5.63. The number of allylic oxidation sites excluding steroid dienone is 1. The minimum Gasteiger partial charge on any atom is -0.271 e. The van der Waals surface area contributed by atoms with Gasteiger partial charge in [0.05, 0.1) is 11.2 Å². The molecule has 1 amide bonds. The van der Waals surface area contributed by atoms with Gasteiger partial charge in [0.2, 0.25) is 0 Å². The van der Waals surface area contributed by atoms with E-state index in [4.69, 9.17) is 0 Å². The molecule has 20 heavy (non-hydrogen) atoms. The summed E-state index contributed by atoms with van der Waals surface area (Å²) in [5, 5.41) is 0.682. The monoisotopic (exact) mass is 279 g/mol. The lowest BCUT2D eigenvalue weighted by molar-refractivity contribution is -0.116. The molecule has 1 aromatic carbocycles. The summed E-state index contributed by atoms with van der Waals surface area (Å²) in [6, 6.07) is 7.90. The number of carbonyl (C=O) groups excluding carboxylic acids is 1. The number of pyridine rings is 1. The maximum absolute atomic E-state index is 12.1. The Morgan fingerprint density at radius 1 is 1.20 bits per heavy atom. The summed E-state index contributed by atoms with van der Waals surface area (Å²) < 4.78 is 0. The predicted octanol–water partition coefficient (Wildman–Crippen LogP) is 2.62. The van der Waals surface area contributed by atoms with E-state index >= 15 is 0 Å². The van der Waals surface area contributed by atoms with Gasteiger partial charge in [-0.3, -0.25) is 14.8 Å². The number of benzene rings is 1. The number of aliphatic imine (C=N–C) groups is 2. The van der Waals surface area contributed by atoms with E-state index in [0.717, 1.165) is 27.1 Å². The highest BCUT2D eigenvalue weighted by atomic mass is 32.2. The second-order valence-electron chi connectivity index (χ2n) is 4.48. The highest BCUT2D eigenvalue weighted by molar-refractivity contribution is 8.02. The molecule has 0 bridgehead atoms. The fraction of sp³-hybridized carbons (Fsp3) is 0.0667. The molecular weight excluding hydrogens is 270 g/mol. The molecule has 0 saturated heterocycles. The van der Waals surface area contributed by atoms with Crippen LogP contribution >= 0.6 is 11.8 Å². The summed E-state index contributed by atoms with van der Waals surface area (Å²) in [4.78, 5) is 25.9. The van der Waals surface area contributed by atoms with E-state index in [2.05, 4.69) is 15.0 Å². The van der Waals surface area contributed by atoms with Crippen LogP contribution in [0.25, 0.3) is 10.9 Å². The molecule has 3 heterocycles. The van der Waals surface area contributed by atoms with Gasteiger partial charge in [-0.05, 0) is 24.3 Å². The van der Waals surface area contributed by atoms with Crippen LogP contribution in [0.4, 0.5) is 0 Å². The van der Waals surface area contributed by atoms with Crippen molar-refractivity contribution in [3.05, 3.63) is 48.3 Å². The van der Waals surface area contributed by atoms with E-state index in [0.29, 0.717) is 0 Å². The molecule has 2 aliphatic rings. The van der Waals surface area contributed by atoms with E-state index in [-0.39, 0.29) is 11.2 Å². The van der Waals surface area contributed by atoms with Gasteiger partial charge >= 0.3 is 0 Å². The molecule has 0 N–H and O–H groups in total. The SMILES string of the molecule is O=C1N=CC=CN=C2c3c(ccc4ncccc34)SC12. The van der Waals surface area contributed by atoms with Crippen LogP contribution < -0.4 is 0 Å². The van der Waals surface area contributed by atoms with Gasteiger partial charge in [0, 0.05) is 34.5 Å². The van der Waals surface area contributed by atoms with Crippen molar-refractivity contribution < 1.29 is 4.79 Å². The largest absolute Gasteiger partial charge is 0.271 e. The topological polar surface area (TPSA) is 54.7 Å². The Balaban J connectivity index is 2.02. The van der Waals surface area contributed by atoms with Crippen molar-refractivity contribution in [1.29, 1.82) is 0 Å². The van der Waals surface area contributed by atoms with Crippen LogP contribution in [0.1, 0.15) is 5.56 Å². The lowest BCUT2D eigenvalue weighted by Gasteiger charge is -2.07. The average molecular weight is 279 g/mol. The Kier molecular flexibility index (Phi) is 2.53. The molecule has 0 aliphatic carbocycles. The number of thioether (sulfide) groups is 1. The summed E-state index contributed by atoms with van der Waals surface area (Å²) in [6.45, 7) is 0. The molecular formula is C15H9N3OS. The number of rotatable bonds is 0. The number of nitrogens with zero attached hydrogens (tertiary/aromatic N) is 3. The standard InChI is InChI=1S/C15H9N3OS/c19-15-14-13(17-7-2-8-18-15)12-9-3-1-6-16-10(9)4-5-11(12)20-14/h1-8,14H. The van der Waals surface area contributed by atoms with Gasteiger partial charge < -0.3 is 0 Å². The van der Waals surface area contributed by atoms with E-state index in [1.165, 1.54) is 18.0 Å². The Bertz CT molecular complexity index is 823. The van der Waals surface area contributed by atoms with Crippen molar-refractivity contribution in [2.45, 2.75) is 10.1 Å². The van der Waals surface area contributed by atoms with Gasteiger partial charge in [-0.1, -0.05) is 6.07 Å². The van der Waals surface area contributed by atoms with Crippen LogP contribution in [0, 0.1) is 0 Å². The second kappa shape index (κ2) is 4.38. The zero-order chi connectivity index (χ0) is 13.5. The number of carbonyl (C=O) groups is 1. The van der Waals surface area contributed by atoms with Crippen LogP contribution in [0.3, 0.4) is 0 Å². The summed E-state index contributed by atoms with van der Waals surface area (Å²) in [5.74, 6) is -0.161. The molecule has 1 atom stereocenters. The number of hydrogen-bond donors (Lipinski definition) is 0. The van der Waals surface area contributed by atoms with Crippen LogP contribution in [0.5, 0.6) is 0 Å². The molecule has 0 fully saturated rings. The minimum atomic E-state index is -0.350. The average Bonchev–Trinajstić information content (AvgIpc) is 2.83. The Labute approximate surface area is 119 Å². The molecule has 1 unspecified atom stereocenters. The highest BCUT2D eigenvalue weighted by Crippen LogP contribution is 2.41. The van der Waals surface area contributed by atoms with Gasteiger partial charge in [-0.25, -0.2) is 4.99 Å². The molecule has 0 saturated carbocycles. The summed E-state index contributed by atoms with van der Waals surface area (Å²) in [6.07, 6.45) is 6.62. The zero-order valence-electron chi connectivity index (χ0n) is 10.4. The minimum absolute atomic E-state index is 0.161. The van der Waals surface area contributed by atoms with Crippen LogP contribution in [-0.4, -0.2) is 28.1 Å². The molecule has 1 aromatic heterocycles. The van der Waals surface area contributed by atoms with Gasteiger partial charge in [0.25, 0.3) is 5.91 Å². The third kappa shape index (κ3) is 1.63. The summed E-state index contributed by atoms with van der Waals surface area (Å²) >= 11 is 1.51. The molecule has 2 aromatic rings. The maximum Gasteiger partial charge on any atom is 0.265 e. The van der Waals surface area contributed by atoms with Crippen LogP contribution in [0.2, 0.25) is 0 Å². The van der Waals surface area contributed by atoms with Gasteiger partial charge in [-0.2, -0.15) is 0 Å². The molecule has 96 valence electrons. The van der Waals surface area contributed by atoms with Crippen molar-refractivity contribution in [2.75, 3.05) is 0 Å². The maximum atomic E-state index is 12.1. The Hall–Kier alpha value is -2.27. The summed E-state index contributed by atoms with van der Waals surface area (Å²) in [5.41, 5.74) is 2.71. The first-order valence-corrected chi connectivity index (χ1v) is 7.08. The van der Waals surface area contributed by atoms with Crippen molar-refractivity contribution in [1.82, 2.24) is 4.98 Å². The Morgan fingerprint density at radius 2 is 2.15 bits per heavy atom. The molecule has 2 aliphatic heterocycles. The van der Waals surface area contributed by atoms with Crippen LogP contribution in [0.15, 0.2) is 57.6 Å². The predicted molar refractivity (Wildman–Crippen MR) is 80.6 cm³/mol. The molecule has 5 heteroatoms. The van der Waals surface area contributed by atoms with E-state index in [9.17, 15) is 4.79 Å². The molecule has 4 nitrogen and oxygen atoms in total. The van der Waals surface area contributed by atoms with Crippen molar-refractivity contribution in [3.8, 4) is 0 Å². The normalized spacial score (nSPS) is 20.3. The summed E-state index contributed by atoms with van der Waals surface area (Å²) in [7, 11) is 0. The number of fused-ring (bicyclic) bond motifs is 5. The number of aromatic nitrogens is 1. The lowest BCUT2D eigenvalue weighted by atomic mass is 10.0. The third-order valence-corrected chi connectivity index (χ3v) is 4.56. The van der Waals surface area contributed by atoms with Crippen molar-refractivity contribution in [3.63, 3.8) is 0 Å². The number of hydrogen-bond acceptors (Lipinski definition) is 4. The first-order chi connectivity index (χ1) is 9.84. The van der Waals surface area contributed by atoms with E-state index in [1.54, 1.807) is 18.5 Å². The van der Waals surface area contributed by atoms with Gasteiger partial charge in [0.15, 0.2) is 0 Å². The van der Waals surface area contributed by atoms with Gasteiger partial charge in [-0.15, -0.1) is 11.8 Å². The van der Waals surface area contributed by atoms with Crippen molar-refractivity contribution in [2.24, 2.45) is 9.98 Å². The number of amides is 1. The molecule has 0 spiro atoms. The van der Waals surface area contributed by atoms with Crippen molar-refractivity contribution >= 4 is 40.5 Å². The van der Waals surface area contributed by atoms with E-state index in [1.807, 2.05) is 24.3 Å². The lowest BCUT2D eigenvalue weighted by Crippen LogP contribution is -2.23. The van der Waals surface area contributed by atoms with E-state index < -0.39 is 0 Å².